The fraction of sp³-hybridized carbons (Fsp3) is 0.588. The number of rotatable bonds is 7. The van der Waals surface area contributed by atoms with E-state index in [-0.39, 0.29) is 17.7 Å². The van der Waals surface area contributed by atoms with Gasteiger partial charge in [-0.05, 0) is 37.6 Å². The van der Waals surface area contributed by atoms with Crippen LogP contribution in [0.1, 0.15) is 13.3 Å². The normalized spacial score (nSPS) is 19.5. The zero-order valence-electron chi connectivity index (χ0n) is 15.3. The van der Waals surface area contributed by atoms with Crippen LogP contribution < -0.4 is 9.64 Å². The molecule has 0 N–H and O–H groups in total. The van der Waals surface area contributed by atoms with Gasteiger partial charge in [-0.3, -0.25) is 9.69 Å². The topological polar surface area (TPSA) is 70.2 Å². The van der Waals surface area contributed by atoms with Crippen molar-refractivity contribution < 1.29 is 17.9 Å². The summed E-state index contributed by atoms with van der Waals surface area (Å²) in [6.07, 6.45) is 0.515. The summed E-state index contributed by atoms with van der Waals surface area (Å²) in [5, 5.41) is 0. The monoisotopic (exact) mass is 369 g/mol. The van der Waals surface area contributed by atoms with Crippen molar-refractivity contribution in [3.8, 4) is 5.75 Å². The first-order valence-corrected chi connectivity index (χ1v) is 9.97. The second-order valence-electron chi connectivity index (χ2n) is 6.35. The molecule has 140 valence electrons. The Labute approximate surface area is 150 Å². The van der Waals surface area contributed by atoms with Crippen molar-refractivity contribution in [3.63, 3.8) is 0 Å². The molecular weight excluding hydrogens is 342 g/mol. The molecule has 0 aromatic heterocycles. The minimum Gasteiger partial charge on any atom is -0.497 e. The van der Waals surface area contributed by atoms with Crippen molar-refractivity contribution in [2.24, 2.45) is 0 Å². The average molecular weight is 369 g/mol. The first-order chi connectivity index (χ1) is 11.8. The van der Waals surface area contributed by atoms with Gasteiger partial charge in [-0.25, -0.2) is 12.7 Å². The predicted molar refractivity (Wildman–Crippen MR) is 98.5 cm³/mol. The maximum absolute atomic E-state index is 12.7. The number of benzene rings is 1. The number of hydrogen-bond acceptors (Lipinski definition) is 5. The molecule has 1 fully saturated rings. The number of methoxy groups -OCH3 is 1. The minimum absolute atomic E-state index is 0.0342. The van der Waals surface area contributed by atoms with E-state index in [1.54, 1.807) is 12.0 Å². The highest BCUT2D eigenvalue weighted by atomic mass is 32.2. The number of sulfonamides is 1. The summed E-state index contributed by atoms with van der Waals surface area (Å²) in [6, 6.07) is 7.17. The van der Waals surface area contributed by atoms with Crippen molar-refractivity contribution in [1.29, 1.82) is 0 Å². The van der Waals surface area contributed by atoms with Crippen LogP contribution in [0.5, 0.6) is 5.75 Å². The quantitative estimate of drug-likeness (QED) is 0.718. The number of hydrogen-bond donors (Lipinski definition) is 0. The van der Waals surface area contributed by atoms with Crippen LogP contribution in [-0.4, -0.2) is 76.2 Å². The van der Waals surface area contributed by atoms with Gasteiger partial charge in [0.25, 0.3) is 0 Å². The fourth-order valence-electron chi connectivity index (χ4n) is 2.87. The van der Waals surface area contributed by atoms with E-state index in [2.05, 4.69) is 0 Å². The third-order valence-corrected chi connectivity index (χ3v) is 6.49. The third-order valence-electron chi connectivity index (χ3n) is 4.57. The highest BCUT2D eigenvalue weighted by molar-refractivity contribution is 7.89. The predicted octanol–water partition coefficient (Wildman–Crippen LogP) is 1.01. The Morgan fingerprint density at radius 2 is 1.84 bits per heavy atom. The van der Waals surface area contributed by atoms with Crippen LogP contribution in [-0.2, 0) is 14.8 Å². The molecule has 0 saturated carbocycles. The molecule has 2 rings (SSSR count). The van der Waals surface area contributed by atoms with E-state index in [1.807, 2.05) is 36.1 Å². The number of ether oxygens (including phenoxy) is 1. The number of amides is 1. The lowest BCUT2D eigenvalue weighted by Crippen LogP contribution is -2.56. The van der Waals surface area contributed by atoms with Gasteiger partial charge in [-0.1, -0.05) is 0 Å². The van der Waals surface area contributed by atoms with Gasteiger partial charge in [0.1, 0.15) is 5.75 Å². The summed E-state index contributed by atoms with van der Waals surface area (Å²) in [5.41, 5.74) is 0.854. The van der Waals surface area contributed by atoms with Crippen LogP contribution in [0.3, 0.4) is 0 Å². The van der Waals surface area contributed by atoms with E-state index in [9.17, 15) is 13.2 Å². The number of nitrogens with zero attached hydrogens (tertiary/aromatic N) is 3. The third kappa shape index (κ3) is 4.71. The lowest BCUT2D eigenvalue weighted by molar-refractivity contribution is -0.125. The maximum Gasteiger partial charge on any atom is 0.244 e. The molecule has 1 aromatic rings. The van der Waals surface area contributed by atoms with Gasteiger partial charge < -0.3 is 9.64 Å². The Balaban J connectivity index is 1.94. The Bertz CT molecular complexity index is 688. The van der Waals surface area contributed by atoms with E-state index in [0.29, 0.717) is 19.5 Å². The molecular formula is C17H27N3O4S. The summed E-state index contributed by atoms with van der Waals surface area (Å²) in [7, 11) is 1.49. The van der Waals surface area contributed by atoms with Crippen molar-refractivity contribution in [2.45, 2.75) is 19.4 Å². The highest BCUT2D eigenvalue weighted by Gasteiger charge is 2.32. The fourth-order valence-corrected chi connectivity index (χ4v) is 3.73. The van der Waals surface area contributed by atoms with Gasteiger partial charge in [0.2, 0.25) is 15.9 Å². The van der Waals surface area contributed by atoms with E-state index in [0.717, 1.165) is 18.0 Å². The molecule has 1 amide bonds. The first-order valence-electron chi connectivity index (χ1n) is 8.36. The van der Waals surface area contributed by atoms with Crippen molar-refractivity contribution >= 4 is 21.6 Å². The summed E-state index contributed by atoms with van der Waals surface area (Å²) < 4.78 is 30.0. The molecule has 1 atom stereocenters. The van der Waals surface area contributed by atoms with Crippen LogP contribution in [0.15, 0.2) is 24.3 Å². The van der Waals surface area contributed by atoms with E-state index in [4.69, 9.17) is 4.74 Å². The van der Waals surface area contributed by atoms with Gasteiger partial charge >= 0.3 is 0 Å². The molecule has 0 bridgehead atoms. The maximum atomic E-state index is 12.7. The van der Waals surface area contributed by atoms with Crippen LogP contribution in [0.4, 0.5) is 5.69 Å². The lowest BCUT2D eigenvalue weighted by atomic mass is 10.1. The molecule has 0 unspecified atom stereocenters. The zero-order valence-corrected chi connectivity index (χ0v) is 16.1. The van der Waals surface area contributed by atoms with E-state index in [1.165, 1.54) is 18.4 Å². The SMILES string of the molecule is COc1ccc(N2CCN(CCCS(=O)(=O)N(C)C)[C@@H](C)C2=O)cc1. The van der Waals surface area contributed by atoms with Crippen molar-refractivity contribution in [1.82, 2.24) is 9.21 Å². The second-order valence-corrected chi connectivity index (χ2v) is 8.65. The zero-order chi connectivity index (χ0) is 18.6. The smallest absolute Gasteiger partial charge is 0.244 e. The molecule has 1 saturated heterocycles. The van der Waals surface area contributed by atoms with Gasteiger partial charge in [0, 0.05) is 39.4 Å². The highest BCUT2D eigenvalue weighted by Crippen LogP contribution is 2.23. The van der Waals surface area contributed by atoms with Crippen molar-refractivity contribution in [3.05, 3.63) is 24.3 Å². The summed E-state index contributed by atoms with van der Waals surface area (Å²) in [6.45, 7) is 3.78. The van der Waals surface area contributed by atoms with Gasteiger partial charge in [-0.15, -0.1) is 0 Å². The largest absolute Gasteiger partial charge is 0.497 e. The Morgan fingerprint density at radius 3 is 2.40 bits per heavy atom. The molecule has 1 aromatic carbocycles. The van der Waals surface area contributed by atoms with Gasteiger partial charge in [-0.2, -0.15) is 0 Å². The standard InChI is InChI=1S/C17H27N3O4S/c1-14-17(21)20(15-6-8-16(24-4)9-7-15)12-11-19(14)10-5-13-25(22,23)18(2)3/h6-9,14H,5,10-13H2,1-4H3/t14-/m0/s1. The molecule has 1 aliphatic rings. The van der Waals surface area contributed by atoms with Crippen LogP contribution in [0, 0.1) is 0 Å². The number of carbonyl (C=O) groups is 1. The number of carbonyl (C=O) groups excluding carboxylic acids is 1. The van der Waals surface area contributed by atoms with E-state index < -0.39 is 10.0 Å². The number of anilines is 1. The Hall–Kier alpha value is -1.64. The second kappa shape index (κ2) is 8.16. The molecule has 0 radical (unpaired) electrons. The molecule has 25 heavy (non-hydrogen) atoms. The molecule has 7 nitrogen and oxygen atoms in total. The van der Waals surface area contributed by atoms with Crippen molar-refractivity contribution in [2.75, 3.05) is 51.5 Å². The van der Waals surface area contributed by atoms with Gasteiger partial charge in [0.05, 0.1) is 18.9 Å². The number of piperazine rings is 1. The van der Waals surface area contributed by atoms with Crippen LogP contribution >= 0.6 is 0 Å². The summed E-state index contributed by atoms with van der Waals surface area (Å²) in [5.74, 6) is 0.886. The van der Waals surface area contributed by atoms with E-state index >= 15 is 0 Å². The van der Waals surface area contributed by atoms with Crippen LogP contribution in [0.2, 0.25) is 0 Å². The minimum atomic E-state index is -3.19. The first kappa shape index (κ1) is 19.7. The molecule has 1 heterocycles. The average Bonchev–Trinajstić information content (AvgIpc) is 2.59. The molecule has 8 heteroatoms. The summed E-state index contributed by atoms with van der Waals surface area (Å²) >= 11 is 0. The summed E-state index contributed by atoms with van der Waals surface area (Å²) in [4.78, 5) is 16.5. The van der Waals surface area contributed by atoms with Gasteiger partial charge in [0.15, 0.2) is 0 Å². The molecule has 0 spiro atoms. The Kier molecular flexibility index (Phi) is 6.42. The Morgan fingerprint density at radius 1 is 1.20 bits per heavy atom. The lowest BCUT2D eigenvalue weighted by Gasteiger charge is -2.39. The molecule has 1 aliphatic heterocycles. The van der Waals surface area contributed by atoms with Crippen LogP contribution in [0.25, 0.3) is 0 Å². The molecule has 0 aliphatic carbocycles.